The van der Waals surface area contributed by atoms with Gasteiger partial charge in [-0.2, -0.15) is 0 Å². The average molecular weight is 327 g/mol. The van der Waals surface area contributed by atoms with Crippen LogP contribution in [0.4, 0.5) is 11.4 Å². The summed E-state index contributed by atoms with van der Waals surface area (Å²) in [4.78, 5) is 27.5. The van der Waals surface area contributed by atoms with Gasteiger partial charge < -0.3 is 15.4 Å². The van der Waals surface area contributed by atoms with Crippen molar-refractivity contribution in [1.82, 2.24) is 10.3 Å². The minimum absolute atomic E-state index is 0.179. The highest BCUT2D eigenvalue weighted by molar-refractivity contribution is 5.92. The lowest BCUT2D eigenvalue weighted by molar-refractivity contribution is 0.0526. The van der Waals surface area contributed by atoms with Gasteiger partial charge in [0.2, 0.25) is 0 Å². The lowest BCUT2D eigenvalue weighted by Gasteiger charge is -2.08. The van der Waals surface area contributed by atoms with E-state index in [-0.39, 0.29) is 11.9 Å². The van der Waals surface area contributed by atoms with Gasteiger partial charge in [0, 0.05) is 12.2 Å². The molecule has 0 bridgehead atoms. The van der Waals surface area contributed by atoms with Gasteiger partial charge in [0.05, 0.1) is 24.1 Å². The summed E-state index contributed by atoms with van der Waals surface area (Å²) in [6, 6.07) is 10.4. The van der Waals surface area contributed by atoms with Gasteiger partial charge in [0.1, 0.15) is 5.69 Å². The van der Waals surface area contributed by atoms with Crippen LogP contribution in [0.25, 0.3) is 0 Å². The second-order valence-electron chi connectivity index (χ2n) is 5.11. The molecule has 0 aliphatic heterocycles. The SMILES string of the molecule is CCCNC(=O)c1ccc(Nc2ccc(C(=O)OCC)cc2)cn1. The summed E-state index contributed by atoms with van der Waals surface area (Å²) in [7, 11) is 0. The molecule has 0 radical (unpaired) electrons. The maximum Gasteiger partial charge on any atom is 0.338 e. The Balaban J connectivity index is 1.98. The first-order chi connectivity index (χ1) is 11.6. The van der Waals surface area contributed by atoms with E-state index in [4.69, 9.17) is 4.74 Å². The molecule has 2 aromatic rings. The number of hydrogen-bond acceptors (Lipinski definition) is 5. The number of benzene rings is 1. The van der Waals surface area contributed by atoms with E-state index in [1.165, 1.54) is 0 Å². The first kappa shape index (κ1) is 17.5. The van der Waals surface area contributed by atoms with Crippen molar-refractivity contribution in [2.45, 2.75) is 20.3 Å². The molecular formula is C18H21N3O3. The van der Waals surface area contributed by atoms with E-state index >= 15 is 0 Å². The largest absolute Gasteiger partial charge is 0.462 e. The molecule has 2 N–H and O–H groups in total. The molecule has 1 aromatic heterocycles. The molecule has 6 heteroatoms. The van der Waals surface area contributed by atoms with Crippen LogP contribution < -0.4 is 10.6 Å². The van der Waals surface area contributed by atoms with E-state index in [1.54, 1.807) is 49.5 Å². The zero-order valence-corrected chi connectivity index (χ0v) is 13.8. The number of hydrogen-bond donors (Lipinski definition) is 2. The van der Waals surface area contributed by atoms with E-state index in [0.29, 0.717) is 24.4 Å². The number of ether oxygens (including phenoxy) is 1. The maximum atomic E-state index is 11.8. The Morgan fingerprint density at radius 2 is 1.75 bits per heavy atom. The van der Waals surface area contributed by atoms with Crippen LogP contribution in [0.5, 0.6) is 0 Å². The summed E-state index contributed by atoms with van der Waals surface area (Å²) in [5.74, 6) is -0.518. The van der Waals surface area contributed by atoms with Crippen LogP contribution in [0.1, 0.15) is 41.1 Å². The van der Waals surface area contributed by atoms with Gasteiger partial charge in [0.15, 0.2) is 0 Å². The molecule has 2 rings (SSSR count). The quantitative estimate of drug-likeness (QED) is 0.764. The van der Waals surface area contributed by atoms with Crippen LogP contribution in [0.3, 0.4) is 0 Å². The van der Waals surface area contributed by atoms with Gasteiger partial charge in [-0.3, -0.25) is 4.79 Å². The minimum atomic E-state index is -0.340. The lowest BCUT2D eigenvalue weighted by atomic mass is 10.2. The Hall–Kier alpha value is -2.89. The maximum absolute atomic E-state index is 11.8. The number of pyridine rings is 1. The molecule has 1 amide bonds. The van der Waals surface area contributed by atoms with E-state index in [2.05, 4.69) is 15.6 Å². The molecule has 0 unspecified atom stereocenters. The number of carbonyl (C=O) groups is 2. The summed E-state index contributed by atoms with van der Waals surface area (Å²) < 4.78 is 4.94. The Morgan fingerprint density at radius 3 is 2.33 bits per heavy atom. The molecule has 0 saturated carbocycles. The number of carbonyl (C=O) groups excluding carboxylic acids is 2. The molecule has 6 nitrogen and oxygen atoms in total. The molecule has 0 spiro atoms. The molecular weight excluding hydrogens is 306 g/mol. The smallest absolute Gasteiger partial charge is 0.338 e. The predicted molar refractivity (Wildman–Crippen MR) is 92.5 cm³/mol. The Kier molecular flexibility index (Phi) is 6.31. The lowest BCUT2D eigenvalue weighted by Crippen LogP contribution is -2.24. The van der Waals surface area contributed by atoms with Gasteiger partial charge in [-0.25, -0.2) is 9.78 Å². The normalized spacial score (nSPS) is 10.1. The monoisotopic (exact) mass is 327 g/mol. The van der Waals surface area contributed by atoms with Gasteiger partial charge in [-0.15, -0.1) is 0 Å². The third-order valence-electron chi connectivity index (χ3n) is 3.22. The molecule has 126 valence electrons. The molecule has 1 aromatic carbocycles. The van der Waals surface area contributed by atoms with Crippen molar-refractivity contribution in [3.8, 4) is 0 Å². The zero-order valence-electron chi connectivity index (χ0n) is 13.8. The van der Waals surface area contributed by atoms with Crippen LogP contribution in [0.2, 0.25) is 0 Å². The fraction of sp³-hybridized carbons (Fsp3) is 0.278. The first-order valence-corrected chi connectivity index (χ1v) is 7.92. The zero-order chi connectivity index (χ0) is 17.4. The van der Waals surface area contributed by atoms with Crippen LogP contribution >= 0.6 is 0 Å². The van der Waals surface area contributed by atoms with Gasteiger partial charge in [0.25, 0.3) is 5.91 Å². The third kappa shape index (κ3) is 4.81. The number of amides is 1. The topological polar surface area (TPSA) is 80.3 Å². The van der Waals surface area contributed by atoms with Gasteiger partial charge >= 0.3 is 5.97 Å². The fourth-order valence-corrected chi connectivity index (χ4v) is 2.00. The number of esters is 1. The predicted octanol–water partition coefficient (Wildman–Crippen LogP) is 3.14. The number of aromatic nitrogens is 1. The second-order valence-corrected chi connectivity index (χ2v) is 5.11. The number of nitrogens with one attached hydrogen (secondary N) is 2. The molecule has 1 heterocycles. The average Bonchev–Trinajstić information content (AvgIpc) is 2.61. The van der Waals surface area contributed by atoms with E-state index < -0.39 is 0 Å². The number of rotatable bonds is 7. The fourth-order valence-electron chi connectivity index (χ4n) is 2.00. The van der Waals surface area contributed by atoms with Crippen molar-refractivity contribution >= 4 is 23.3 Å². The molecule has 0 saturated heterocycles. The van der Waals surface area contributed by atoms with Crippen molar-refractivity contribution in [3.63, 3.8) is 0 Å². The van der Waals surface area contributed by atoms with Crippen molar-refractivity contribution in [1.29, 1.82) is 0 Å². The highest BCUT2D eigenvalue weighted by Crippen LogP contribution is 2.17. The van der Waals surface area contributed by atoms with Crippen LogP contribution in [0, 0.1) is 0 Å². The van der Waals surface area contributed by atoms with E-state index in [0.717, 1.165) is 17.8 Å². The number of anilines is 2. The van der Waals surface area contributed by atoms with Crippen molar-refractivity contribution in [3.05, 3.63) is 53.9 Å². The Bertz CT molecular complexity index is 682. The summed E-state index contributed by atoms with van der Waals surface area (Å²) in [5.41, 5.74) is 2.45. The molecule has 24 heavy (non-hydrogen) atoms. The Labute approximate surface area is 141 Å². The summed E-state index contributed by atoms with van der Waals surface area (Å²) >= 11 is 0. The third-order valence-corrected chi connectivity index (χ3v) is 3.22. The standard InChI is InChI=1S/C18H21N3O3/c1-3-11-19-17(22)16-10-9-15(12-20-16)21-14-7-5-13(6-8-14)18(23)24-4-2/h5-10,12,21H,3-4,11H2,1-2H3,(H,19,22). The Morgan fingerprint density at radius 1 is 1.04 bits per heavy atom. The van der Waals surface area contributed by atoms with Gasteiger partial charge in [-0.1, -0.05) is 6.92 Å². The van der Waals surface area contributed by atoms with Crippen LogP contribution in [-0.4, -0.2) is 30.0 Å². The summed E-state index contributed by atoms with van der Waals surface area (Å²) in [5, 5.41) is 5.94. The van der Waals surface area contributed by atoms with Crippen LogP contribution in [0.15, 0.2) is 42.6 Å². The highest BCUT2D eigenvalue weighted by atomic mass is 16.5. The van der Waals surface area contributed by atoms with Crippen molar-refractivity contribution in [2.24, 2.45) is 0 Å². The molecule has 0 aliphatic carbocycles. The molecule has 0 atom stereocenters. The molecule has 0 fully saturated rings. The van der Waals surface area contributed by atoms with Crippen LogP contribution in [-0.2, 0) is 4.74 Å². The first-order valence-electron chi connectivity index (χ1n) is 7.92. The highest BCUT2D eigenvalue weighted by Gasteiger charge is 2.07. The van der Waals surface area contributed by atoms with Crippen molar-refractivity contribution < 1.29 is 14.3 Å². The molecule has 0 aliphatic rings. The van der Waals surface area contributed by atoms with Gasteiger partial charge in [-0.05, 0) is 49.7 Å². The summed E-state index contributed by atoms with van der Waals surface area (Å²) in [6.07, 6.45) is 2.48. The second kappa shape index (κ2) is 8.67. The number of nitrogens with zero attached hydrogens (tertiary/aromatic N) is 1. The summed E-state index contributed by atoms with van der Waals surface area (Å²) in [6.45, 7) is 4.75. The minimum Gasteiger partial charge on any atom is -0.462 e. The van der Waals surface area contributed by atoms with E-state index in [1.807, 2.05) is 6.92 Å². The van der Waals surface area contributed by atoms with E-state index in [9.17, 15) is 9.59 Å². The van der Waals surface area contributed by atoms with Crippen molar-refractivity contribution in [2.75, 3.05) is 18.5 Å².